The van der Waals surface area contributed by atoms with E-state index in [1.165, 1.54) is 6.07 Å². The molecule has 7 heteroatoms. The van der Waals surface area contributed by atoms with Crippen molar-refractivity contribution in [3.8, 4) is 5.75 Å². The summed E-state index contributed by atoms with van der Waals surface area (Å²) in [6, 6.07) is 3.21. The van der Waals surface area contributed by atoms with Crippen LogP contribution in [-0.2, 0) is 9.53 Å². The van der Waals surface area contributed by atoms with Gasteiger partial charge in [0.25, 0.3) is 0 Å². The second-order valence-corrected chi connectivity index (χ2v) is 3.60. The maximum atomic E-state index is 13.0. The van der Waals surface area contributed by atoms with Crippen molar-refractivity contribution >= 4 is 21.9 Å². The minimum absolute atomic E-state index is 0.338. The Bertz CT molecular complexity index is 409. The Hall–Kier alpha value is -1.24. The summed E-state index contributed by atoms with van der Waals surface area (Å²) in [6.07, 6.45) is -4.23. The normalized spacial score (nSPS) is 11.1. The van der Waals surface area contributed by atoms with E-state index in [1.807, 2.05) is 0 Å². The van der Waals surface area contributed by atoms with Crippen molar-refractivity contribution < 1.29 is 27.4 Å². The largest absolute Gasteiger partial charge is 0.502 e. The number of rotatable bonds is 3. The van der Waals surface area contributed by atoms with Crippen molar-refractivity contribution in [2.45, 2.75) is 6.11 Å². The molecule has 0 unspecified atom stereocenters. The average molecular weight is 299 g/mol. The van der Waals surface area contributed by atoms with Crippen molar-refractivity contribution in [2.75, 3.05) is 7.11 Å². The number of carbonyl (C=O) groups excluding carboxylic acids is 1. The van der Waals surface area contributed by atoms with Gasteiger partial charge in [-0.1, -0.05) is 15.9 Å². The Balaban J connectivity index is 2.95. The van der Waals surface area contributed by atoms with E-state index >= 15 is 0 Å². The lowest BCUT2D eigenvalue weighted by atomic mass is 10.3. The number of ether oxygens (including phenoxy) is 2. The van der Waals surface area contributed by atoms with E-state index < -0.39 is 23.6 Å². The van der Waals surface area contributed by atoms with Gasteiger partial charge < -0.3 is 9.47 Å². The lowest BCUT2D eigenvalue weighted by Gasteiger charge is -2.15. The summed E-state index contributed by atoms with van der Waals surface area (Å²) in [5.41, 5.74) is 0. The van der Waals surface area contributed by atoms with Gasteiger partial charge in [0.2, 0.25) is 0 Å². The molecular formula is C9H6BrF3O3. The van der Waals surface area contributed by atoms with Crippen LogP contribution in [0, 0.1) is 5.82 Å². The molecule has 3 nitrogen and oxygen atoms in total. The fraction of sp³-hybridized carbons (Fsp3) is 0.222. The van der Waals surface area contributed by atoms with Crippen LogP contribution in [0.2, 0.25) is 0 Å². The zero-order chi connectivity index (χ0) is 12.3. The van der Waals surface area contributed by atoms with Crippen LogP contribution in [0.25, 0.3) is 0 Å². The zero-order valence-electron chi connectivity index (χ0n) is 7.97. The Kier molecular flexibility index (Phi) is 3.79. The van der Waals surface area contributed by atoms with E-state index in [1.54, 1.807) is 0 Å². The summed E-state index contributed by atoms with van der Waals surface area (Å²) >= 11 is 2.95. The number of halogens is 4. The van der Waals surface area contributed by atoms with Gasteiger partial charge in [0.15, 0.2) is 11.6 Å². The highest BCUT2D eigenvalue weighted by atomic mass is 79.9. The lowest BCUT2D eigenvalue weighted by molar-refractivity contribution is -0.214. The minimum Gasteiger partial charge on any atom is -0.462 e. The van der Waals surface area contributed by atoms with E-state index in [0.717, 1.165) is 19.2 Å². The number of methoxy groups -OCH3 is 1. The summed E-state index contributed by atoms with van der Waals surface area (Å²) in [4.78, 5) is 10.6. The molecule has 0 saturated heterocycles. The molecule has 0 saturated carbocycles. The fourth-order valence-electron chi connectivity index (χ4n) is 0.854. The molecule has 0 aliphatic heterocycles. The highest BCUT2D eigenvalue weighted by molar-refractivity contribution is 9.10. The van der Waals surface area contributed by atoms with E-state index in [9.17, 15) is 18.0 Å². The fourth-order valence-corrected chi connectivity index (χ4v) is 1.19. The summed E-state index contributed by atoms with van der Waals surface area (Å²) in [5.74, 6) is -3.65. The van der Waals surface area contributed by atoms with Gasteiger partial charge in [0.05, 0.1) is 7.11 Å². The monoisotopic (exact) mass is 298 g/mol. The number of hydrogen-bond acceptors (Lipinski definition) is 3. The maximum absolute atomic E-state index is 13.0. The van der Waals surface area contributed by atoms with Crippen molar-refractivity contribution in [3.63, 3.8) is 0 Å². The standard InChI is InChI=1S/C9H6BrF3O3/c1-15-8(14)9(12,13)16-7-4-5(10)2-3-6(7)11/h2-4H,1H3. The van der Waals surface area contributed by atoms with Crippen LogP contribution < -0.4 is 4.74 Å². The summed E-state index contributed by atoms with van der Waals surface area (Å²) in [7, 11) is 0.775. The van der Waals surface area contributed by atoms with E-state index in [-0.39, 0.29) is 0 Å². The number of benzene rings is 1. The van der Waals surface area contributed by atoms with E-state index in [0.29, 0.717) is 4.47 Å². The van der Waals surface area contributed by atoms with Gasteiger partial charge in [-0.25, -0.2) is 9.18 Å². The van der Waals surface area contributed by atoms with Crippen LogP contribution in [0.1, 0.15) is 0 Å². The average Bonchev–Trinajstić information content (AvgIpc) is 2.22. The topological polar surface area (TPSA) is 35.5 Å². The predicted molar refractivity (Wildman–Crippen MR) is 51.7 cm³/mol. The molecule has 0 N–H and O–H groups in total. The van der Waals surface area contributed by atoms with Gasteiger partial charge in [-0.15, -0.1) is 0 Å². The SMILES string of the molecule is COC(=O)C(F)(F)Oc1cc(Br)ccc1F. The molecule has 1 aromatic carbocycles. The molecule has 0 fully saturated rings. The van der Waals surface area contributed by atoms with Crippen molar-refractivity contribution in [1.29, 1.82) is 0 Å². The van der Waals surface area contributed by atoms with Gasteiger partial charge in [-0.3, -0.25) is 0 Å². The molecule has 0 aromatic heterocycles. The van der Waals surface area contributed by atoms with Crippen molar-refractivity contribution in [1.82, 2.24) is 0 Å². The molecule has 0 spiro atoms. The molecule has 0 radical (unpaired) electrons. The van der Waals surface area contributed by atoms with Crippen LogP contribution in [0.4, 0.5) is 13.2 Å². The second kappa shape index (κ2) is 4.73. The van der Waals surface area contributed by atoms with Gasteiger partial charge in [0, 0.05) is 4.47 Å². The van der Waals surface area contributed by atoms with Crippen molar-refractivity contribution in [3.05, 3.63) is 28.5 Å². The Morgan fingerprint density at radius 3 is 2.62 bits per heavy atom. The van der Waals surface area contributed by atoms with Crippen LogP contribution in [0.5, 0.6) is 5.75 Å². The van der Waals surface area contributed by atoms with E-state index in [4.69, 9.17) is 0 Å². The Labute approximate surface area is 97.3 Å². The van der Waals surface area contributed by atoms with Crippen LogP contribution in [-0.4, -0.2) is 19.2 Å². The zero-order valence-corrected chi connectivity index (χ0v) is 9.55. The third-order valence-electron chi connectivity index (χ3n) is 1.55. The number of hydrogen-bond donors (Lipinski definition) is 0. The first-order chi connectivity index (χ1) is 7.36. The van der Waals surface area contributed by atoms with Crippen LogP contribution in [0.3, 0.4) is 0 Å². The highest BCUT2D eigenvalue weighted by Crippen LogP contribution is 2.28. The third kappa shape index (κ3) is 2.88. The van der Waals surface area contributed by atoms with Crippen LogP contribution in [0.15, 0.2) is 22.7 Å². The third-order valence-corrected chi connectivity index (χ3v) is 2.05. The first kappa shape index (κ1) is 12.8. The molecule has 1 aromatic rings. The number of esters is 1. The Morgan fingerprint density at radius 1 is 1.44 bits per heavy atom. The molecule has 0 bridgehead atoms. The molecule has 1 rings (SSSR count). The summed E-state index contributed by atoms with van der Waals surface area (Å²) < 4.78 is 47.0. The first-order valence-corrected chi connectivity index (χ1v) is 4.76. The molecule has 0 aliphatic rings. The molecule has 16 heavy (non-hydrogen) atoms. The predicted octanol–water partition coefficient (Wildman–Crippen LogP) is 2.73. The molecule has 0 aliphatic carbocycles. The van der Waals surface area contributed by atoms with Gasteiger partial charge in [-0.2, -0.15) is 8.78 Å². The van der Waals surface area contributed by atoms with Gasteiger partial charge in [0.1, 0.15) is 0 Å². The second-order valence-electron chi connectivity index (χ2n) is 2.69. The quantitative estimate of drug-likeness (QED) is 0.805. The Morgan fingerprint density at radius 2 is 2.06 bits per heavy atom. The smallest absolute Gasteiger partial charge is 0.462 e. The number of carbonyl (C=O) groups is 1. The molecule has 0 heterocycles. The molecule has 88 valence electrons. The first-order valence-electron chi connectivity index (χ1n) is 3.97. The summed E-state index contributed by atoms with van der Waals surface area (Å²) in [5, 5.41) is 0. The molecular weight excluding hydrogens is 293 g/mol. The van der Waals surface area contributed by atoms with Crippen molar-refractivity contribution in [2.24, 2.45) is 0 Å². The highest BCUT2D eigenvalue weighted by Gasteiger charge is 2.44. The van der Waals surface area contributed by atoms with Gasteiger partial charge >= 0.3 is 12.1 Å². The molecule has 0 atom stereocenters. The van der Waals surface area contributed by atoms with Crippen LogP contribution >= 0.6 is 15.9 Å². The summed E-state index contributed by atoms with van der Waals surface area (Å²) in [6.45, 7) is 0. The lowest BCUT2D eigenvalue weighted by Crippen LogP contribution is -2.36. The van der Waals surface area contributed by atoms with E-state index in [2.05, 4.69) is 25.4 Å². The molecule has 0 amide bonds. The van der Waals surface area contributed by atoms with Gasteiger partial charge in [-0.05, 0) is 18.2 Å². The minimum atomic E-state index is -4.23. The number of alkyl halides is 2. The maximum Gasteiger partial charge on any atom is 0.502 e.